The zero-order valence-corrected chi connectivity index (χ0v) is 12.3. The van der Waals surface area contributed by atoms with Crippen LogP contribution < -0.4 is 5.32 Å². The van der Waals surface area contributed by atoms with E-state index in [1.165, 1.54) is 0 Å². The molecule has 0 atom stereocenters. The van der Waals surface area contributed by atoms with E-state index in [0.717, 1.165) is 17.6 Å². The summed E-state index contributed by atoms with van der Waals surface area (Å²) in [5, 5.41) is 1.38. The van der Waals surface area contributed by atoms with Crippen molar-refractivity contribution in [1.29, 1.82) is 0 Å². The lowest BCUT2D eigenvalue weighted by Crippen LogP contribution is -2.17. The highest BCUT2D eigenvalue weighted by atomic mass is 35.5. The Kier molecular flexibility index (Phi) is 4.58. The van der Waals surface area contributed by atoms with Crippen LogP contribution in [0.4, 0.5) is 32.0 Å². The minimum Gasteiger partial charge on any atom is -0.321 e. The molecule has 124 valence electrons. The van der Waals surface area contributed by atoms with Gasteiger partial charge in [0.2, 0.25) is 0 Å². The van der Waals surface area contributed by atoms with Gasteiger partial charge in [-0.1, -0.05) is 11.6 Å². The van der Waals surface area contributed by atoms with Crippen LogP contribution in [0.25, 0.3) is 0 Å². The molecule has 1 amide bonds. The summed E-state index contributed by atoms with van der Waals surface area (Å²) in [6, 6.07) is 2.47. The van der Waals surface area contributed by atoms with Crippen molar-refractivity contribution in [2.24, 2.45) is 0 Å². The number of carbonyl (C=O) groups is 1. The van der Waals surface area contributed by atoms with E-state index in [0.29, 0.717) is 17.4 Å². The summed E-state index contributed by atoms with van der Waals surface area (Å²) in [4.78, 5) is 14.1. The lowest BCUT2D eigenvalue weighted by atomic mass is 10.2. The van der Waals surface area contributed by atoms with E-state index in [9.17, 15) is 31.1 Å². The monoisotopic (exact) mass is 374 g/mol. The zero-order valence-electron chi connectivity index (χ0n) is 10.7. The van der Waals surface area contributed by atoms with Gasteiger partial charge in [0.25, 0.3) is 5.91 Å². The number of nitrogens with zero attached hydrogens (tertiary/aromatic N) is 1. The Hall–Kier alpha value is -1.81. The number of carbonyl (C=O) groups excluding carboxylic acids is 1. The average Bonchev–Trinajstić information content (AvgIpc) is 2.89. The van der Waals surface area contributed by atoms with Gasteiger partial charge >= 0.3 is 12.4 Å². The molecule has 3 nitrogen and oxygen atoms in total. The Labute approximate surface area is 133 Å². The first-order valence-corrected chi connectivity index (χ1v) is 6.94. The summed E-state index contributed by atoms with van der Waals surface area (Å²) in [6.07, 6.45) is -9.61. The summed E-state index contributed by atoms with van der Waals surface area (Å²) in [6.45, 7) is 0. The van der Waals surface area contributed by atoms with E-state index < -0.39 is 39.4 Å². The smallest absolute Gasteiger partial charge is 0.321 e. The second kappa shape index (κ2) is 6.00. The van der Waals surface area contributed by atoms with Gasteiger partial charge in [-0.25, -0.2) is 4.98 Å². The molecule has 0 bridgehead atoms. The molecule has 0 saturated heterocycles. The Morgan fingerprint density at radius 3 is 2.35 bits per heavy atom. The summed E-state index contributed by atoms with van der Waals surface area (Å²) in [7, 11) is 0. The summed E-state index contributed by atoms with van der Waals surface area (Å²) >= 11 is 5.84. The third-order valence-corrected chi connectivity index (χ3v) is 3.73. The Morgan fingerprint density at radius 2 is 1.78 bits per heavy atom. The minimum atomic E-state index is -4.84. The molecule has 11 heteroatoms. The highest BCUT2D eigenvalue weighted by Crippen LogP contribution is 2.37. The molecule has 0 radical (unpaired) electrons. The summed E-state index contributed by atoms with van der Waals surface area (Å²) < 4.78 is 76.1. The molecule has 0 spiro atoms. The second-order valence-electron chi connectivity index (χ2n) is 4.17. The first kappa shape index (κ1) is 17.5. The molecule has 2 aromatic rings. The molecule has 2 rings (SSSR count). The predicted octanol–water partition coefficient (Wildman–Crippen LogP) is 5.09. The predicted molar refractivity (Wildman–Crippen MR) is 71.5 cm³/mol. The number of anilines is 1. The van der Waals surface area contributed by atoms with Gasteiger partial charge in [0, 0.05) is 5.69 Å². The molecule has 1 aromatic carbocycles. The van der Waals surface area contributed by atoms with Gasteiger partial charge in [-0.2, -0.15) is 26.3 Å². The number of halogens is 7. The number of amides is 1. The lowest BCUT2D eigenvalue weighted by molar-refractivity contribution is -0.141. The average molecular weight is 375 g/mol. The minimum absolute atomic E-state index is 0.340. The van der Waals surface area contributed by atoms with Gasteiger partial charge in [-0.05, 0) is 18.2 Å². The number of thiazole rings is 1. The van der Waals surface area contributed by atoms with Gasteiger partial charge in [-0.3, -0.25) is 4.79 Å². The standard InChI is InChI=1S/C12H5ClF6N2OS/c13-7-2-1-5(3-6(7)11(14,15)16)21-10(22)8-9(12(17,18)19)20-4-23-8/h1-4H,(H,21,22). The van der Waals surface area contributed by atoms with Gasteiger partial charge in [0.1, 0.15) is 4.88 Å². The van der Waals surface area contributed by atoms with Gasteiger partial charge in [0.15, 0.2) is 5.69 Å². The van der Waals surface area contributed by atoms with Crippen LogP contribution in [0.1, 0.15) is 20.9 Å². The van der Waals surface area contributed by atoms with Crippen molar-refractivity contribution in [2.45, 2.75) is 12.4 Å². The summed E-state index contributed by atoms with van der Waals surface area (Å²) in [5.41, 5.74) is -2.13. The maximum atomic E-state index is 12.7. The summed E-state index contributed by atoms with van der Waals surface area (Å²) in [5.74, 6) is -1.21. The Bertz CT molecular complexity index is 740. The van der Waals surface area contributed by atoms with Crippen molar-refractivity contribution < 1.29 is 31.1 Å². The van der Waals surface area contributed by atoms with Crippen LogP contribution in [-0.2, 0) is 12.4 Å². The van der Waals surface area contributed by atoms with Crippen molar-refractivity contribution in [3.8, 4) is 0 Å². The van der Waals surface area contributed by atoms with Crippen LogP contribution in [0.15, 0.2) is 23.7 Å². The molecule has 0 aliphatic rings. The molecule has 0 saturated carbocycles. The molecule has 0 aliphatic heterocycles. The maximum absolute atomic E-state index is 12.7. The molecule has 1 heterocycles. The first-order chi connectivity index (χ1) is 10.5. The van der Waals surface area contributed by atoms with Crippen LogP contribution in [0.5, 0.6) is 0 Å². The molecular weight excluding hydrogens is 370 g/mol. The second-order valence-corrected chi connectivity index (χ2v) is 5.44. The van der Waals surface area contributed by atoms with Crippen LogP contribution in [0, 0.1) is 0 Å². The topological polar surface area (TPSA) is 42.0 Å². The lowest BCUT2D eigenvalue weighted by Gasteiger charge is -2.12. The van der Waals surface area contributed by atoms with E-state index in [4.69, 9.17) is 11.6 Å². The molecule has 1 aromatic heterocycles. The van der Waals surface area contributed by atoms with Crippen LogP contribution in [-0.4, -0.2) is 10.9 Å². The van der Waals surface area contributed by atoms with Gasteiger partial charge < -0.3 is 5.32 Å². The number of benzene rings is 1. The number of rotatable bonds is 2. The van der Waals surface area contributed by atoms with Crippen LogP contribution in [0.3, 0.4) is 0 Å². The van der Waals surface area contributed by atoms with Gasteiger partial charge in [-0.15, -0.1) is 11.3 Å². The van der Waals surface area contributed by atoms with Gasteiger partial charge in [0.05, 0.1) is 16.1 Å². The van der Waals surface area contributed by atoms with E-state index in [-0.39, 0.29) is 5.69 Å². The maximum Gasteiger partial charge on any atom is 0.434 e. The molecule has 1 N–H and O–H groups in total. The van der Waals surface area contributed by atoms with E-state index in [1.54, 1.807) is 0 Å². The largest absolute Gasteiger partial charge is 0.434 e. The van der Waals surface area contributed by atoms with Crippen LogP contribution >= 0.6 is 22.9 Å². The van der Waals surface area contributed by atoms with Crippen molar-refractivity contribution in [3.05, 3.63) is 44.9 Å². The van der Waals surface area contributed by atoms with Crippen molar-refractivity contribution in [1.82, 2.24) is 4.98 Å². The van der Waals surface area contributed by atoms with E-state index in [2.05, 4.69) is 4.98 Å². The molecule has 0 fully saturated rings. The first-order valence-electron chi connectivity index (χ1n) is 5.69. The SMILES string of the molecule is O=C(Nc1ccc(Cl)c(C(F)(F)F)c1)c1scnc1C(F)(F)F. The van der Waals surface area contributed by atoms with E-state index >= 15 is 0 Å². The van der Waals surface area contributed by atoms with Crippen molar-refractivity contribution in [3.63, 3.8) is 0 Å². The Balaban J connectivity index is 2.30. The quantitative estimate of drug-likeness (QED) is 0.744. The van der Waals surface area contributed by atoms with Crippen molar-refractivity contribution in [2.75, 3.05) is 5.32 Å². The Morgan fingerprint density at radius 1 is 1.13 bits per heavy atom. The van der Waals surface area contributed by atoms with Crippen molar-refractivity contribution >= 4 is 34.5 Å². The zero-order chi connectivity index (χ0) is 17.4. The normalized spacial score (nSPS) is 12.3. The third kappa shape index (κ3) is 3.94. The molecule has 0 aliphatic carbocycles. The molecular formula is C12H5ClF6N2OS. The number of alkyl halides is 6. The molecule has 0 unspecified atom stereocenters. The fourth-order valence-electron chi connectivity index (χ4n) is 1.62. The van der Waals surface area contributed by atoms with E-state index in [1.807, 2.05) is 5.32 Å². The number of hydrogen-bond acceptors (Lipinski definition) is 3. The fraction of sp³-hybridized carbons (Fsp3) is 0.167. The number of hydrogen-bond donors (Lipinski definition) is 1. The number of nitrogens with one attached hydrogen (secondary N) is 1. The highest BCUT2D eigenvalue weighted by Gasteiger charge is 2.38. The highest BCUT2D eigenvalue weighted by molar-refractivity contribution is 7.12. The molecule has 23 heavy (non-hydrogen) atoms. The van der Waals surface area contributed by atoms with Crippen LogP contribution in [0.2, 0.25) is 5.02 Å². The third-order valence-electron chi connectivity index (χ3n) is 2.57. The number of aromatic nitrogens is 1. The fourth-order valence-corrected chi connectivity index (χ4v) is 2.54.